The smallest absolute Gasteiger partial charge is 0.0678 e. The normalized spacial score (nSPS) is 24.4. The van der Waals surface area contributed by atoms with Crippen molar-refractivity contribution >= 4 is 0 Å². The average molecular weight is 196 g/mol. The molecule has 0 saturated heterocycles. The van der Waals surface area contributed by atoms with Crippen molar-refractivity contribution in [2.75, 3.05) is 0 Å². The first kappa shape index (κ1) is 11.7. The van der Waals surface area contributed by atoms with Gasteiger partial charge in [-0.15, -0.1) is 10.3 Å². The predicted octanol–water partition coefficient (Wildman–Crippen LogP) is 3.32. The van der Waals surface area contributed by atoms with E-state index in [4.69, 9.17) is 0 Å². The third-order valence-electron chi connectivity index (χ3n) is 3.96. The van der Waals surface area contributed by atoms with E-state index in [1.54, 1.807) is 0 Å². The van der Waals surface area contributed by atoms with Gasteiger partial charge < -0.3 is 0 Å². The molecule has 1 heterocycles. The van der Waals surface area contributed by atoms with E-state index in [0.717, 1.165) is 25.7 Å². The second-order valence-corrected chi connectivity index (χ2v) is 4.25. The lowest BCUT2D eigenvalue weighted by atomic mass is 9.91. The summed E-state index contributed by atoms with van der Waals surface area (Å²) in [6, 6.07) is 0. The van der Waals surface area contributed by atoms with Gasteiger partial charge in [0.25, 0.3) is 0 Å². The summed E-state index contributed by atoms with van der Waals surface area (Å²) in [6.45, 7) is 8.39. The highest BCUT2D eigenvalue weighted by molar-refractivity contribution is 5.22. The molecule has 0 aromatic carbocycles. The Balaban J connectivity index is 2.97. The Morgan fingerprint density at radius 1 is 0.857 bits per heavy atom. The van der Waals surface area contributed by atoms with Crippen LogP contribution in [0.4, 0.5) is 0 Å². The van der Waals surface area contributed by atoms with Gasteiger partial charge in [-0.25, -0.2) is 0 Å². The van der Waals surface area contributed by atoms with E-state index in [0.29, 0.717) is 0 Å². The van der Waals surface area contributed by atoms with Crippen LogP contribution in [0.1, 0.15) is 53.4 Å². The Kier molecular flexibility index (Phi) is 3.38. The molecule has 0 atom stereocenters. The van der Waals surface area contributed by atoms with Gasteiger partial charge in [-0.2, -0.15) is 0 Å². The standard InChI is InChI=1S/C12H22NO/c1-5-11(6-2)9-10-12(7-3,8-4)13(11)14/h9-10H,5-8H2,1-4H3. The van der Waals surface area contributed by atoms with E-state index < -0.39 is 0 Å². The van der Waals surface area contributed by atoms with E-state index >= 15 is 0 Å². The van der Waals surface area contributed by atoms with Crippen molar-refractivity contribution in [2.24, 2.45) is 0 Å². The lowest BCUT2D eigenvalue weighted by molar-refractivity contribution is -0.256. The molecule has 0 saturated carbocycles. The van der Waals surface area contributed by atoms with Gasteiger partial charge in [0.2, 0.25) is 0 Å². The van der Waals surface area contributed by atoms with Crippen LogP contribution in [0.3, 0.4) is 0 Å². The van der Waals surface area contributed by atoms with E-state index in [9.17, 15) is 5.21 Å². The third kappa shape index (κ3) is 1.41. The van der Waals surface area contributed by atoms with Crippen molar-refractivity contribution in [1.29, 1.82) is 0 Å². The molecule has 1 rings (SSSR count). The lowest BCUT2D eigenvalue weighted by Crippen LogP contribution is -2.51. The maximum absolute atomic E-state index is 12.3. The fraction of sp³-hybridized carbons (Fsp3) is 0.833. The number of nitrogens with zero attached hydrogens (tertiary/aromatic N) is 1. The fourth-order valence-electron chi connectivity index (χ4n) is 2.43. The second kappa shape index (κ2) is 4.03. The van der Waals surface area contributed by atoms with Gasteiger partial charge in [-0.3, -0.25) is 0 Å². The Morgan fingerprint density at radius 3 is 1.29 bits per heavy atom. The molecule has 2 heteroatoms. The molecule has 0 amide bonds. The van der Waals surface area contributed by atoms with Crippen LogP contribution < -0.4 is 0 Å². The highest BCUT2D eigenvalue weighted by atomic mass is 16.5. The van der Waals surface area contributed by atoms with Gasteiger partial charge >= 0.3 is 0 Å². The predicted molar refractivity (Wildman–Crippen MR) is 58.3 cm³/mol. The highest BCUT2D eigenvalue weighted by Gasteiger charge is 2.48. The molecule has 0 aromatic rings. The Hall–Kier alpha value is -0.340. The van der Waals surface area contributed by atoms with Gasteiger partial charge in [-0.05, 0) is 25.7 Å². The maximum Gasteiger partial charge on any atom is 0.0678 e. The number of hydroxylamine groups is 2. The Labute approximate surface area is 87.6 Å². The minimum absolute atomic E-state index is 0.230. The van der Waals surface area contributed by atoms with E-state index in [1.807, 2.05) is 0 Å². The van der Waals surface area contributed by atoms with Gasteiger partial charge in [0.15, 0.2) is 0 Å². The largest absolute Gasteiger partial charge is 0.135 e. The van der Waals surface area contributed by atoms with Crippen molar-refractivity contribution in [3.63, 3.8) is 0 Å². The lowest BCUT2D eigenvalue weighted by Gasteiger charge is -2.39. The topological polar surface area (TPSA) is 23.1 Å². The Bertz CT molecular complexity index is 192. The zero-order valence-corrected chi connectivity index (χ0v) is 9.84. The summed E-state index contributed by atoms with van der Waals surface area (Å²) in [4.78, 5) is 0. The molecule has 0 aromatic heterocycles. The molecule has 0 N–H and O–H groups in total. The van der Waals surface area contributed by atoms with Crippen LogP contribution in [-0.2, 0) is 5.21 Å². The molecule has 2 nitrogen and oxygen atoms in total. The van der Waals surface area contributed by atoms with Crippen molar-refractivity contribution in [2.45, 2.75) is 64.5 Å². The summed E-state index contributed by atoms with van der Waals surface area (Å²) in [5.74, 6) is 0. The summed E-state index contributed by atoms with van der Waals surface area (Å²) >= 11 is 0. The van der Waals surface area contributed by atoms with Crippen molar-refractivity contribution in [3.05, 3.63) is 12.2 Å². The highest BCUT2D eigenvalue weighted by Crippen LogP contribution is 2.41. The minimum atomic E-state index is -0.230. The molecule has 0 unspecified atom stereocenters. The van der Waals surface area contributed by atoms with Crippen molar-refractivity contribution < 1.29 is 5.21 Å². The summed E-state index contributed by atoms with van der Waals surface area (Å²) in [5, 5.41) is 13.7. The molecule has 0 aliphatic carbocycles. The van der Waals surface area contributed by atoms with Crippen LogP contribution in [-0.4, -0.2) is 16.1 Å². The van der Waals surface area contributed by atoms with Crippen molar-refractivity contribution in [1.82, 2.24) is 5.06 Å². The maximum atomic E-state index is 12.3. The fourth-order valence-corrected chi connectivity index (χ4v) is 2.43. The zero-order chi connectivity index (χ0) is 10.8. The third-order valence-corrected chi connectivity index (χ3v) is 3.96. The molecule has 0 bridgehead atoms. The molecule has 1 aliphatic heterocycles. The van der Waals surface area contributed by atoms with Crippen molar-refractivity contribution in [3.8, 4) is 0 Å². The molecule has 1 aliphatic rings. The number of hydrogen-bond acceptors (Lipinski definition) is 1. The summed E-state index contributed by atoms with van der Waals surface area (Å²) in [6.07, 6.45) is 7.90. The van der Waals surface area contributed by atoms with Gasteiger partial charge in [0.1, 0.15) is 0 Å². The van der Waals surface area contributed by atoms with E-state index in [1.165, 1.54) is 5.06 Å². The van der Waals surface area contributed by atoms with Crippen LogP contribution >= 0.6 is 0 Å². The monoisotopic (exact) mass is 196 g/mol. The molecule has 14 heavy (non-hydrogen) atoms. The van der Waals surface area contributed by atoms with Gasteiger partial charge in [0, 0.05) is 0 Å². The molecule has 1 radical (unpaired) electrons. The number of hydrogen-bond donors (Lipinski definition) is 0. The zero-order valence-electron chi connectivity index (χ0n) is 9.84. The molecule has 81 valence electrons. The van der Waals surface area contributed by atoms with Crippen LogP contribution in [0.5, 0.6) is 0 Å². The van der Waals surface area contributed by atoms with Crippen LogP contribution in [0.15, 0.2) is 12.2 Å². The molecular formula is C12H22NO. The van der Waals surface area contributed by atoms with E-state index in [2.05, 4.69) is 39.8 Å². The van der Waals surface area contributed by atoms with E-state index in [-0.39, 0.29) is 11.1 Å². The molecule has 0 spiro atoms. The number of rotatable bonds is 4. The first-order chi connectivity index (χ1) is 6.60. The minimum Gasteiger partial charge on any atom is -0.135 e. The summed E-state index contributed by atoms with van der Waals surface area (Å²) in [5.41, 5.74) is -0.460. The summed E-state index contributed by atoms with van der Waals surface area (Å²) < 4.78 is 0. The SMILES string of the molecule is CCC1(CC)C=CC(CC)(CC)N1[O]. The first-order valence-electron chi connectivity index (χ1n) is 5.78. The molecular weight excluding hydrogens is 174 g/mol. The van der Waals surface area contributed by atoms with Crippen LogP contribution in [0, 0.1) is 0 Å². The second-order valence-electron chi connectivity index (χ2n) is 4.25. The van der Waals surface area contributed by atoms with Gasteiger partial charge in [-0.1, -0.05) is 39.8 Å². The molecule has 0 fully saturated rings. The van der Waals surface area contributed by atoms with Crippen LogP contribution in [0.25, 0.3) is 0 Å². The summed E-state index contributed by atoms with van der Waals surface area (Å²) in [7, 11) is 0. The van der Waals surface area contributed by atoms with Gasteiger partial charge in [0.05, 0.1) is 11.1 Å². The quantitative estimate of drug-likeness (QED) is 0.632. The first-order valence-corrected chi connectivity index (χ1v) is 5.78. The Morgan fingerprint density at radius 2 is 1.14 bits per heavy atom. The van der Waals surface area contributed by atoms with Crippen LogP contribution in [0.2, 0.25) is 0 Å². The average Bonchev–Trinajstić information content (AvgIpc) is 2.53.